The van der Waals surface area contributed by atoms with Gasteiger partial charge in [0, 0.05) is 7.05 Å². The molecule has 0 heterocycles. The second kappa shape index (κ2) is 5.18. The highest BCUT2D eigenvalue weighted by atomic mass is 19.4. The van der Waals surface area contributed by atoms with E-state index in [4.69, 9.17) is 5.73 Å². The average molecular weight is 246 g/mol. The van der Waals surface area contributed by atoms with Crippen LogP contribution in [0.4, 0.5) is 13.2 Å². The average Bonchev–Trinajstić information content (AvgIpc) is 2.26. The molecule has 1 aromatic carbocycles. The van der Waals surface area contributed by atoms with Crippen molar-refractivity contribution in [1.29, 1.82) is 0 Å². The molecule has 3 nitrogen and oxygen atoms in total. The number of amides is 1. The van der Waals surface area contributed by atoms with Crippen LogP contribution in [0.2, 0.25) is 0 Å². The lowest BCUT2D eigenvalue weighted by Gasteiger charge is -2.22. The molecule has 0 spiro atoms. The fraction of sp³-hybridized carbons (Fsp3) is 0.364. The Morgan fingerprint density at radius 3 is 2.35 bits per heavy atom. The van der Waals surface area contributed by atoms with Crippen LogP contribution in [0.5, 0.6) is 0 Å². The minimum Gasteiger partial charge on any atom is -0.335 e. The highest BCUT2D eigenvalue weighted by Gasteiger charge is 2.32. The molecule has 1 amide bonds. The number of alkyl halides is 3. The number of carbonyl (C=O) groups is 1. The van der Waals surface area contributed by atoms with E-state index in [0.717, 1.165) is 7.05 Å². The summed E-state index contributed by atoms with van der Waals surface area (Å²) in [4.78, 5) is 12.2. The number of halogens is 3. The van der Waals surface area contributed by atoms with Crippen LogP contribution in [0.25, 0.3) is 0 Å². The van der Waals surface area contributed by atoms with E-state index in [0.29, 0.717) is 10.5 Å². The smallest absolute Gasteiger partial charge is 0.335 e. The van der Waals surface area contributed by atoms with Crippen molar-refractivity contribution >= 4 is 5.91 Å². The van der Waals surface area contributed by atoms with Gasteiger partial charge in [-0.25, -0.2) is 0 Å². The zero-order chi connectivity index (χ0) is 13.1. The molecule has 2 N–H and O–H groups in total. The van der Waals surface area contributed by atoms with E-state index in [1.807, 2.05) is 0 Å². The highest BCUT2D eigenvalue weighted by Crippen LogP contribution is 2.18. The molecule has 1 rings (SSSR count). The number of nitrogens with zero attached hydrogens (tertiary/aromatic N) is 1. The zero-order valence-corrected chi connectivity index (χ0v) is 9.24. The Balaban J connectivity index is 2.71. The first-order valence-electron chi connectivity index (χ1n) is 4.93. The van der Waals surface area contributed by atoms with Crippen molar-refractivity contribution < 1.29 is 18.0 Å². The number of nitrogens with two attached hydrogens (primary N) is 1. The fourth-order valence-corrected chi connectivity index (χ4v) is 1.39. The van der Waals surface area contributed by atoms with Crippen LogP contribution in [0.3, 0.4) is 0 Å². The van der Waals surface area contributed by atoms with Crippen molar-refractivity contribution in [3.63, 3.8) is 0 Å². The third-order valence-corrected chi connectivity index (χ3v) is 2.22. The van der Waals surface area contributed by atoms with E-state index in [9.17, 15) is 18.0 Å². The van der Waals surface area contributed by atoms with Crippen LogP contribution in [-0.4, -0.2) is 30.6 Å². The minimum atomic E-state index is -4.42. The summed E-state index contributed by atoms with van der Waals surface area (Å²) in [6.45, 7) is -1.30. The monoisotopic (exact) mass is 246 g/mol. The van der Waals surface area contributed by atoms with E-state index in [1.165, 1.54) is 0 Å². The standard InChI is InChI=1S/C11H13F3N2O/c1-16(7-11(12,13)14)10(17)9(15)8-5-3-2-4-6-8/h2-6,9H,7,15H2,1H3/t9-/m0/s1. The quantitative estimate of drug-likeness (QED) is 0.882. The van der Waals surface area contributed by atoms with Crippen molar-refractivity contribution in [3.05, 3.63) is 35.9 Å². The van der Waals surface area contributed by atoms with Gasteiger partial charge < -0.3 is 10.6 Å². The summed E-state index contributed by atoms with van der Waals surface area (Å²) >= 11 is 0. The number of benzene rings is 1. The summed E-state index contributed by atoms with van der Waals surface area (Å²) in [6, 6.07) is 7.22. The van der Waals surface area contributed by atoms with Gasteiger partial charge in [0.2, 0.25) is 5.91 Å². The first-order valence-corrected chi connectivity index (χ1v) is 4.93. The van der Waals surface area contributed by atoms with E-state index >= 15 is 0 Å². The van der Waals surface area contributed by atoms with Crippen LogP contribution in [-0.2, 0) is 4.79 Å². The predicted molar refractivity (Wildman–Crippen MR) is 57.1 cm³/mol. The Bertz CT molecular complexity index is 378. The zero-order valence-electron chi connectivity index (χ0n) is 9.24. The number of hydrogen-bond donors (Lipinski definition) is 1. The normalized spacial score (nSPS) is 13.2. The van der Waals surface area contributed by atoms with Crippen LogP contribution >= 0.6 is 0 Å². The number of hydrogen-bond acceptors (Lipinski definition) is 2. The minimum absolute atomic E-state index is 0.492. The van der Waals surface area contributed by atoms with Crippen LogP contribution < -0.4 is 5.73 Å². The van der Waals surface area contributed by atoms with Crippen LogP contribution in [0.1, 0.15) is 11.6 Å². The first-order chi connectivity index (χ1) is 7.81. The molecule has 94 valence electrons. The van der Waals surface area contributed by atoms with Gasteiger partial charge in [-0.2, -0.15) is 13.2 Å². The van der Waals surface area contributed by atoms with Gasteiger partial charge >= 0.3 is 6.18 Å². The summed E-state index contributed by atoms with van der Waals surface area (Å²) in [5.74, 6) is -0.756. The Morgan fingerprint density at radius 1 is 1.35 bits per heavy atom. The van der Waals surface area contributed by atoms with Gasteiger partial charge in [-0.3, -0.25) is 4.79 Å². The van der Waals surface area contributed by atoms with Crippen molar-refractivity contribution in [1.82, 2.24) is 4.90 Å². The summed E-state index contributed by atoms with van der Waals surface area (Å²) < 4.78 is 36.3. The molecule has 1 aromatic rings. The van der Waals surface area contributed by atoms with E-state index < -0.39 is 24.7 Å². The van der Waals surface area contributed by atoms with E-state index in [-0.39, 0.29) is 0 Å². The number of carbonyl (C=O) groups excluding carboxylic acids is 1. The molecule has 0 aliphatic carbocycles. The molecule has 6 heteroatoms. The molecular formula is C11H13F3N2O. The first kappa shape index (κ1) is 13.5. The Kier molecular flexibility index (Phi) is 4.11. The molecule has 0 saturated carbocycles. The molecule has 0 aliphatic rings. The molecule has 0 unspecified atom stereocenters. The molecule has 0 radical (unpaired) electrons. The highest BCUT2D eigenvalue weighted by molar-refractivity contribution is 5.82. The molecular weight excluding hydrogens is 233 g/mol. The lowest BCUT2D eigenvalue weighted by molar-refractivity contribution is -0.159. The van der Waals surface area contributed by atoms with Gasteiger partial charge in [0.1, 0.15) is 12.6 Å². The van der Waals surface area contributed by atoms with Gasteiger partial charge in [-0.15, -0.1) is 0 Å². The molecule has 0 saturated heterocycles. The van der Waals surface area contributed by atoms with Crippen molar-refractivity contribution in [2.24, 2.45) is 5.73 Å². The SMILES string of the molecule is CN(CC(F)(F)F)C(=O)[C@@H](N)c1ccccc1. The van der Waals surface area contributed by atoms with Gasteiger partial charge in [0.15, 0.2) is 0 Å². The largest absolute Gasteiger partial charge is 0.406 e. The molecule has 0 aliphatic heterocycles. The van der Waals surface area contributed by atoms with Crippen molar-refractivity contribution in [2.45, 2.75) is 12.2 Å². The van der Waals surface area contributed by atoms with Crippen LogP contribution in [0, 0.1) is 0 Å². The molecule has 0 aromatic heterocycles. The van der Waals surface area contributed by atoms with Gasteiger partial charge in [-0.05, 0) is 5.56 Å². The van der Waals surface area contributed by atoms with Gasteiger partial charge in [-0.1, -0.05) is 30.3 Å². The maximum atomic E-state index is 12.1. The second-order valence-electron chi connectivity index (χ2n) is 3.70. The summed E-state index contributed by atoms with van der Waals surface area (Å²) in [7, 11) is 1.08. The molecule has 0 bridgehead atoms. The topological polar surface area (TPSA) is 46.3 Å². The Hall–Kier alpha value is -1.56. The second-order valence-corrected chi connectivity index (χ2v) is 3.70. The number of likely N-dealkylation sites (N-methyl/N-ethyl adjacent to an activating group) is 1. The molecule has 17 heavy (non-hydrogen) atoms. The third kappa shape index (κ3) is 4.07. The van der Waals surface area contributed by atoms with Gasteiger partial charge in [0.25, 0.3) is 0 Å². The lowest BCUT2D eigenvalue weighted by Crippen LogP contribution is -2.41. The Labute approximate surface area is 97.0 Å². The van der Waals surface area contributed by atoms with Crippen molar-refractivity contribution in [3.8, 4) is 0 Å². The maximum absolute atomic E-state index is 12.1. The predicted octanol–water partition coefficient (Wildman–Crippen LogP) is 1.71. The maximum Gasteiger partial charge on any atom is 0.406 e. The number of rotatable bonds is 3. The Morgan fingerprint density at radius 2 is 1.88 bits per heavy atom. The lowest BCUT2D eigenvalue weighted by atomic mass is 10.1. The van der Waals surface area contributed by atoms with Crippen molar-refractivity contribution in [2.75, 3.05) is 13.6 Å². The van der Waals surface area contributed by atoms with E-state index in [1.54, 1.807) is 30.3 Å². The van der Waals surface area contributed by atoms with Crippen LogP contribution in [0.15, 0.2) is 30.3 Å². The van der Waals surface area contributed by atoms with E-state index in [2.05, 4.69) is 0 Å². The summed E-state index contributed by atoms with van der Waals surface area (Å²) in [5.41, 5.74) is 6.09. The molecule has 1 atom stereocenters. The summed E-state index contributed by atoms with van der Waals surface area (Å²) in [5, 5.41) is 0. The van der Waals surface area contributed by atoms with Gasteiger partial charge in [0.05, 0.1) is 0 Å². The molecule has 0 fully saturated rings. The summed E-state index contributed by atoms with van der Waals surface area (Å²) in [6.07, 6.45) is -4.42. The fourth-order valence-electron chi connectivity index (χ4n) is 1.39. The third-order valence-electron chi connectivity index (χ3n) is 2.22.